The number of para-hydroxylation sites is 2. The molecule has 2 rings (SSSR count). The van der Waals surface area contributed by atoms with Gasteiger partial charge in [-0.3, -0.25) is 4.79 Å². The third-order valence-corrected chi connectivity index (χ3v) is 2.37. The number of ether oxygens (including phenoxy) is 1. The van der Waals surface area contributed by atoms with Crippen LogP contribution in [0.3, 0.4) is 0 Å². The first-order chi connectivity index (χ1) is 9.58. The molecule has 0 saturated carbocycles. The number of nitrogens with two attached hydrogens (primary N) is 1. The van der Waals surface area contributed by atoms with Crippen LogP contribution in [-0.2, 0) is 4.79 Å². The number of hydrogen-bond acceptors (Lipinski definition) is 6. The quantitative estimate of drug-likeness (QED) is 0.580. The third kappa shape index (κ3) is 3.42. The molecule has 1 heterocycles. The second kappa shape index (κ2) is 5.98. The Bertz CT molecular complexity index is 630. The monoisotopic (exact) mass is 273 g/mol. The van der Waals surface area contributed by atoms with E-state index in [1.165, 1.54) is 6.92 Å². The first-order valence-corrected chi connectivity index (χ1v) is 5.95. The van der Waals surface area contributed by atoms with Crippen LogP contribution in [0, 0.1) is 6.92 Å². The average molecular weight is 273 g/mol. The van der Waals surface area contributed by atoms with Crippen LogP contribution in [0.25, 0.3) is 0 Å². The van der Waals surface area contributed by atoms with E-state index >= 15 is 0 Å². The Kier molecular flexibility index (Phi) is 4.11. The Balaban J connectivity index is 2.30. The molecule has 7 heteroatoms. The van der Waals surface area contributed by atoms with Crippen molar-refractivity contribution >= 4 is 17.4 Å². The summed E-state index contributed by atoms with van der Waals surface area (Å²) < 4.78 is 5.67. The Morgan fingerprint density at radius 1 is 1.30 bits per heavy atom. The SMILES string of the molecule is CC(=O)Nc1ccccc1Oc1cc(NN)nc(C)n1. The lowest BCUT2D eigenvalue weighted by molar-refractivity contribution is -0.114. The van der Waals surface area contributed by atoms with E-state index in [-0.39, 0.29) is 5.91 Å². The summed E-state index contributed by atoms with van der Waals surface area (Å²) in [4.78, 5) is 19.4. The van der Waals surface area contributed by atoms with Crippen LogP contribution < -0.4 is 21.3 Å². The van der Waals surface area contributed by atoms with Gasteiger partial charge in [-0.15, -0.1) is 0 Å². The molecule has 0 spiro atoms. The van der Waals surface area contributed by atoms with Gasteiger partial charge in [0.05, 0.1) is 5.69 Å². The van der Waals surface area contributed by atoms with E-state index in [1.54, 1.807) is 37.3 Å². The van der Waals surface area contributed by atoms with E-state index in [1.807, 2.05) is 0 Å². The van der Waals surface area contributed by atoms with E-state index in [9.17, 15) is 4.79 Å². The number of anilines is 2. The topological polar surface area (TPSA) is 102 Å². The van der Waals surface area contributed by atoms with Gasteiger partial charge in [0.1, 0.15) is 11.6 Å². The molecule has 1 amide bonds. The molecular formula is C13H15N5O2. The molecule has 0 fully saturated rings. The Labute approximate surface area is 116 Å². The maximum atomic E-state index is 11.2. The molecule has 20 heavy (non-hydrogen) atoms. The Hall–Kier alpha value is -2.67. The maximum Gasteiger partial charge on any atom is 0.224 e. The highest BCUT2D eigenvalue weighted by atomic mass is 16.5. The number of carbonyl (C=O) groups is 1. The first-order valence-electron chi connectivity index (χ1n) is 5.95. The summed E-state index contributed by atoms with van der Waals surface area (Å²) in [5, 5.41) is 2.69. The normalized spacial score (nSPS) is 9.95. The smallest absolute Gasteiger partial charge is 0.224 e. The highest BCUT2D eigenvalue weighted by Gasteiger charge is 2.08. The lowest BCUT2D eigenvalue weighted by Crippen LogP contribution is -2.10. The van der Waals surface area contributed by atoms with Gasteiger partial charge in [0, 0.05) is 13.0 Å². The second-order valence-electron chi connectivity index (χ2n) is 4.06. The lowest BCUT2D eigenvalue weighted by atomic mass is 10.3. The predicted molar refractivity (Wildman–Crippen MR) is 75.4 cm³/mol. The largest absolute Gasteiger partial charge is 0.437 e. The fourth-order valence-corrected chi connectivity index (χ4v) is 1.63. The predicted octanol–water partition coefficient (Wildman–Crippen LogP) is 1.82. The number of carbonyl (C=O) groups excluding carboxylic acids is 1. The number of hydrogen-bond donors (Lipinski definition) is 3. The van der Waals surface area contributed by atoms with Crippen LogP contribution in [0.5, 0.6) is 11.6 Å². The molecule has 0 atom stereocenters. The van der Waals surface area contributed by atoms with Crippen LogP contribution in [0.2, 0.25) is 0 Å². The number of nitrogens with zero attached hydrogens (tertiary/aromatic N) is 2. The van der Waals surface area contributed by atoms with Crippen LogP contribution in [0.15, 0.2) is 30.3 Å². The standard InChI is InChI=1S/C13H15N5O2/c1-8-15-12(18-14)7-13(16-8)20-11-6-4-3-5-10(11)17-9(2)19/h3-7H,14H2,1-2H3,(H,17,19)(H,15,16,18). The van der Waals surface area contributed by atoms with Gasteiger partial charge in [-0.1, -0.05) is 12.1 Å². The van der Waals surface area contributed by atoms with Crippen molar-refractivity contribution in [1.29, 1.82) is 0 Å². The number of amides is 1. The minimum Gasteiger partial charge on any atom is -0.437 e. The van der Waals surface area contributed by atoms with Crippen molar-refractivity contribution in [3.05, 3.63) is 36.2 Å². The fraction of sp³-hybridized carbons (Fsp3) is 0.154. The van der Waals surface area contributed by atoms with Gasteiger partial charge in [-0.2, -0.15) is 4.98 Å². The summed E-state index contributed by atoms with van der Waals surface area (Å²) in [5.74, 6) is 6.94. The summed E-state index contributed by atoms with van der Waals surface area (Å²) in [6.45, 7) is 3.16. The number of hydrazine groups is 1. The molecule has 1 aromatic heterocycles. The molecule has 0 aliphatic heterocycles. The van der Waals surface area contributed by atoms with Crippen LogP contribution in [0.1, 0.15) is 12.7 Å². The zero-order chi connectivity index (χ0) is 14.5. The van der Waals surface area contributed by atoms with Gasteiger partial charge >= 0.3 is 0 Å². The maximum absolute atomic E-state index is 11.2. The minimum absolute atomic E-state index is 0.177. The number of nitrogens with one attached hydrogen (secondary N) is 2. The number of aryl methyl sites for hydroxylation is 1. The Morgan fingerprint density at radius 2 is 2.05 bits per heavy atom. The molecule has 0 radical (unpaired) electrons. The summed E-state index contributed by atoms with van der Waals surface area (Å²) >= 11 is 0. The summed E-state index contributed by atoms with van der Waals surface area (Å²) in [5.41, 5.74) is 3.01. The number of aromatic nitrogens is 2. The number of nitrogen functional groups attached to an aromatic ring is 1. The van der Waals surface area contributed by atoms with Crippen molar-refractivity contribution in [3.63, 3.8) is 0 Å². The molecule has 0 saturated heterocycles. The highest BCUT2D eigenvalue weighted by molar-refractivity contribution is 5.90. The third-order valence-electron chi connectivity index (χ3n) is 2.37. The van der Waals surface area contributed by atoms with Crippen molar-refractivity contribution in [2.75, 3.05) is 10.7 Å². The van der Waals surface area contributed by atoms with Gasteiger partial charge in [0.25, 0.3) is 0 Å². The molecule has 4 N–H and O–H groups in total. The molecule has 0 unspecified atom stereocenters. The van der Waals surface area contributed by atoms with Gasteiger partial charge in [0.15, 0.2) is 5.75 Å². The molecule has 2 aromatic rings. The van der Waals surface area contributed by atoms with Crippen LogP contribution in [0.4, 0.5) is 11.5 Å². The van der Waals surface area contributed by atoms with E-state index in [4.69, 9.17) is 10.6 Å². The number of rotatable bonds is 4. The van der Waals surface area contributed by atoms with E-state index in [0.717, 1.165) is 0 Å². The zero-order valence-corrected chi connectivity index (χ0v) is 11.2. The van der Waals surface area contributed by atoms with E-state index < -0.39 is 0 Å². The summed E-state index contributed by atoms with van der Waals surface area (Å²) in [6.07, 6.45) is 0. The van der Waals surface area contributed by atoms with Gasteiger partial charge in [-0.05, 0) is 19.1 Å². The molecule has 104 valence electrons. The lowest BCUT2D eigenvalue weighted by Gasteiger charge is -2.11. The minimum atomic E-state index is -0.177. The van der Waals surface area contributed by atoms with E-state index in [0.29, 0.717) is 29.0 Å². The highest BCUT2D eigenvalue weighted by Crippen LogP contribution is 2.28. The van der Waals surface area contributed by atoms with Crippen LogP contribution >= 0.6 is 0 Å². The molecule has 0 aliphatic rings. The van der Waals surface area contributed by atoms with Gasteiger partial charge < -0.3 is 15.5 Å². The van der Waals surface area contributed by atoms with Crippen molar-refractivity contribution in [1.82, 2.24) is 9.97 Å². The van der Waals surface area contributed by atoms with Crippen LogP contribution in [-0.4, -0.2) is 15.9 Å². The average Bonchev–Trinajstić information content (AvgIpc) is 2.39. The van der Waals surface area contributed by atoms with Crippen molar-refractivity contribution in [3.8, 4) is 11.6 Å². The number of benzene rings is 1. The molecule has 0 bridgehead atoms. The van der Waals surface area contributed by atoms with E-state index in [2.05, 4.69) is 20.7 Å². The molecule has 1 aromatic carbocycles. The molecular weight excluding hydrogens is 258 g/mol. The van der Waals surface area contributed by atoms with Gasteiger partial charge in [-0.25, -0.2) is 10.8 Å². The molecule has 0 aliphatic carbocycles. The summed E-state index contributed by atoms with van der Waals surface area (Å²) in [7, 11) is 0. The van der Waals surface area contributed by atoms with Crippen molar-refractivity contribution in [2.45, 2.75) is 13.8 Å². The molecule has 7 nitrogen and oxygen atoms in total. The zero-order valence-electron chi connectivity index (χ0n) is 11.2. The van der Waals surface area contributed by atoms with Crippen molar-refractivity contribution < 1.29 is 9.53 Å². The van der Waals surface area contributed by atoms with Crippen molar-refractivity contribution in [2.24, 2.45) is 5.84 Å². The Morgan fingerprint density at radius 3 is 2.75 bits per heavy atom. The second-order valence-corrected chi connectivity index (χ2v) is 4.06. The summed E-state index contributed by atoms with van der Waals surface area (Å²) in [6, 6.07) is 8.65. The first kappa shape index (κ1) is 13.8. The fourth-order valence-electron chi connectivity index (χ4n) is 1.63. The van der Waals surface area contributed by atoms with Gasteiger partial charge in [0.2, 0.25) is 11.8 Å².